The first-order valence-electron chi connectivity index (χ1n) is 5.30. The summed E-state index contributed by atoms with van der Waals surface area (Å²) in [5.41, 5.74) is 2.67. The zero-order chi connectivity index (χ0) is 10.7. The van der Waals surface area contributed by atoms with E-state index >= 15 is 0 Å². The molecule has 1 nitrogen and oxygen atoms in total. The summed E-state index contributed by atoms with van der Waals surface area (Å²) in [6.07, 6.45) is 6.54. The van der Waals surface area contributed by atoms with Crippen LogP contribution in [-0.4, -0.2) is 7.05 Å². The van der Waals surface area contributed by atoms with Crippen molar-refractivity contribution in [3.8, 4) is 0 Å². The molecule has 0 aromatic heterocycles. The fraction of sp³-hybridized carbons (Fsp3) is 0.667. The molecular formula is C12H25N. The lowest BCUT2D eigenvalue weighted by Crippen LogP contribution is -2.05. The maximum absolute atomic E-state index is 3.18. The smallest absolute Gasteiger partial charge is 0.0323 e. The van der Waals surface area contributed by atoms with E-state index in [1.54, 1.807) is 0 Å². The molecule has 0 aliphatic heterocycles. The molecule has 1 N–H and O–H groups in total. The topological polar surface area (TPSA) is 12.0 Å². The third-order valence-electron chi connectivity index (χ3n) is 1.78. The van der Waals surface area contributed by atoms with Crippen LogP contribution in [-0.2, 0) is 0 Å². The number of nitrogens with one attached hydrogen (secondary N) is 1. The Hall–Kier alpha value is -0.720. The van der Waals surface area contributed by atoms with Gasteiger partial charge < -0.3 is 5.32 Å². The van der Waals surface area contributed by atoms with Gasteiger partial charge in [-0.25, -0.2) is 0 Å². The van der Waals surface area contributed by atoms with Crippen molar-refractivity contribution in [2.24, 2.45) is 0 Å². The van der Waals surface area contributed by atoms with Crippen LogP contribution >= 0.6 is 0 Å². The highest BCUT2D eigenvalue weighted by Gasteiger charge is 1.91. The molecule has 1 heteroatoms. The Bertz CT molecular complexity index is 155. The van der Waals surface area contributed by atoms with Crippen molar-refractivity contribution in [3.05, 3.63) is 23.4 Å². The number of hydrogen-bond donors (Lipinski definition) is 1. The zero-order valence-electron chi connectivity index (χ0n) is 10.1. The maximum Gasteiger partial charge on any atom is 0.0323 e. The second-order valence-electron chi connectivity index (χ2n) is 2.61. The average Bonchev–Trinajstić information content (AvgIpc) is 2.21. The Kier molecular flexibility index (Phi) is 12.8. The Morgan fingerprint density at radius 3 is 2.08 bits per heavy atom. The Morgan fingerprint density at radius 1 is 1.23 bits per heavy atom. The van der Waals surface area contributed by atoms with E-state index in [9.17, 15) is 0 Å². The Labute approximate surface area is 83.9 Å². The minimum atomic E-state index is 1.10. The maximum atomic E-state index is 3.18. The van der Waals surface area contributed by atoms with Gasteiger partial charge in [0.2, 0.25) is 0 Å². The molecule has 0 radical (unpaired) electrons. The minimum Gasteiger partial charge on any atom is -0.388 e. The summed E-state index contributed by atoms with van der Waals surface area (Å²) in [4.78, 5) is 0. The second kappa shape index (κ2) is 11.3. The van der Waals surface area contributed by atoms with Gasteiger partial charge in [0.25, 0.3) is 0 Å². The lowest BCUT2D eigenvalue weighted by molar-refractivity contribution is 0.952. The van der Waals surface area contributed by atoms with Crippen LogP contribution in [0.25, 0.3) is 0 Å². The molecule has 78 valence electrons. The van der Waals surface area contributed by atoms with Crippen LogP contribution in [0.3, 0.4) is 0 Å². The summed E-state index contributed by atoms with van der Waals surface area (Å²) in [5, 5.41) is 3.18. The van der Waals surface area contributed by atoms with Gasteiger partial charge in [-0.15, -0.1) is 0 Å². The number of hydrogen-bond acceptors (Lipinski definition) is 1. The monoisotopic (exact) mass is 183 g/mol. The van der Waals surface area contributed by atoms with Gasteiger partial charge in [0.15, 0.2) is 0 Å². The van der Waals surface area contributed by atoms with E-state index < -0.39 is 0 Å². The summed E-state index contributed by atoms with van der Waals surface area (Å²) in [6, 6.07) is 0. The van der Waals surface area contributed by atoms with Crippen LogP contribution in [0.1, 0.15) is 47.5 Å². The number of likely N-dealkylation sites (N-methyl/N-ethyl adjacent to an activating group) is 1. The van der Waals surface area contributed by atoms with Crippen molar-refractivity contribution < 1.29 is 0 Å². The third kappa shape index (κ3) is 7.63. The second-order valence-corrected chi connectivity index (χ2v) is 2.61. The molecule has 0 amide bonds. The predicted octanol–water partition coefficient (Wildman–Crippen LogP) is 3.88. The van der Waals surface area contributed by atoms with E-state index in [0.29, 0.717) is 0 Å². The number of rotatable bonds is 4. The molecule has 0 aliphatic carbocycles. The van der Waals surface area contributed by atoms with Crippen molar-refractivity contribution in [2.75, 3.05) is 7.05 Å². The van der Waals surface area contributed by atoms with Gasteiger partial charge in [0, 0.05) is 12.7 Å². The number of allylic oxidation sites excluding steroid dienone is 3. The van der Waals surface area contributed by atoms with E-state index in [2.05, 4.69) is 38.2 Å². The van der Waals surface area contributed by atoms with Crippen LogP contribution in [0.2, 0.25) is 0 Å². The molecule has 0 saturated heterocycles. The summed E-state index contributed by atoms with van der Waals surface area (Å²) < 4.78 is 0. The molecule has 0 spiro atoms. The molecule has 0 saturated carbocycles. The Balaban J connectivity index is 0. The predicted molar refractivity (Wildman–Crippen MR) is 62.8 cm³/mol. The molecular weight excluding hydrogens is 158 g/mol. The molecule has 0 heterocycles. The van der Waals surface area contributed by atoms with Crippen molar-refractivity contribution in [3.63, 3.8) is 0 Å². The molecule has 0 aliphatic rings. The molecule has 0 atom stereocenters. The normalized spacial score (nSPS) is 11.8. The van der Waals surface area contributed by atoms with E-state index in [-0.39, 0.29) is 0 Å². The van der Waals surface area contributed by atoms with E-state index in [1.807, 2.05) is 20.9 Å². The van der Waals surface area contributed by atoms with Crippen LogP contribution < -0.4 is 5.32 Å². The first-order valence-corrected chi connectivity index (χ1v) is 5.30. The first kappa shape index (κ1) is 14.8. The SMILES string of the molecule is CC.CC/C=C\C(NC)=C(/C)CC. The van der Waals surface area contributed by atoms with E-state index in [1.165, 1.54) is 11.3 Å². The van der Waals surface area contributed by atoms with Crippen LogP contribution in [0.4, 0.5) is 0 Å². The fourth-order valence-electron chi connectivity index (χ4n) is 0.865. The van der Waals surface area contributed by atoms with E-state index in [4.69, 9.17) is 0 Å². The van der Waals surface area contributed by atoms with E-state index in [0.717, 1.165) is 12.8 Å². The van der Waals surface area contributed by atoms with Crippen LogP contribution in [0.15, 0.2) is 23.4 Å². The molecule has 0 unspecified atom stereocenters. The highest BCUT2D eigenvalue weighted by atomic mass is 14.8. The quantitative estimate of drug-likeness (QED) is 0.652. The lowest BCUT2D eigenvalue weighted by atomic mass is 10.1. The van der Waals surface area contributed by atoms with Crippen LogP contribution in [0.5, 0.6) is 0 Å². The van der Waals surface area contributed by atoms with Gasteiger partial charge in [-0.3, -0.25) is 0 Å². The molecule has 0 aromatic rings. The Morgan fingerprint density at radius 2 is 1.77 bits per heavy atom. The summed E-state index contributed by atoms with van der Waals surface area (Å²) >= 11 is 0. The lowest BCUT2D eigenvalue weighted by Gasteiger charge is -2.04. The third-order valence-corrected chi connectivity index (χ3v) is 1.78. The van der Waals surface area contributed by atoms with Gasteiger partial charge in [0.05, 0.1) is 0 Å². The summed E-state index contributed by atoms with van der Waals surface area (Å²) in [5.74, 6) is 0. The largest absolute Gasteiger partial charge is 0.388 e. The van der Waals surface area contributed by atoms with Gasteiger partial charge >= 0.3 is 0 Å². The molecule has 0 rings (SSSR count). The minimum absolute atomic E-state index is 1.10. The van der Waals surface area contributed by atoms with Crippen molar-refractivity contribution >= 4 is 0 Å². The van der Waals surface area contributed by atoms with Gasteiger partial charge in [-0.2, -0.15) is 0 Å². The summed E-state index contributed by atoms with van der Waals surface area (Å²) in [7, 11) is 1.97. The van der Waals surface area contributed by atoms with Gasteiger partial charge in [-0.05, 0) is 25.8 Å². The first-order chi connectivity index (χ1) is 6.26. The van der Waals surface area contributed by atoms with Gasteiger partial charge in [-0.1, -0.05) is 39.3 Å². The van der Waals surface area contributed by atoms with Crippen molar-refractivity contribution in [1.82, 2.24) is 5.32 Å². The molecule has 13 heavy (non-hydrogen) atoms. The highest BCUT2D eigenvalue weighted by Crippen LogP contribution is 2.05. The molecule has 0 bridgehead atoms. The average molecular weight is 183 g/mol. The molecule has 0 aromatic carbocycles. The standard InChI is InChI=1S/C10H19N.C2H6/c1-5-7-8-10(11-4)9(3)6-2;1-2/h7-8,11H,5-6H2,1-4H3;1-2H3/b8-7-,10-9-;. The van der Waals surface area contributed by atoms with Crippen molar-refractivity contribution in [2.45, 2.75) is 47.5 Å². The summed E-state index contributed by atoms with van der Waals surface area (Å²) in [6.45, 7) is 10.5. The van der Waals surface area contributed by atoms with Crippen molar-refractivity contribution in [1.29, 1.82) is 0 Å². The van der Waals surface area contributed by atoms with Crippen LogP contribution in [0, 0.1) is 0 Å². The fourth-order valence-corrected chi connectivity index (χ4v) is 0.865. The zero-order valence-corrected chi connectivity index (χ0v) is 10.1. The van der Waals surface area contributed by atoms with Gasteiger partial charge in [0.1, 0.15) is 0 Å². The highest BCUT2D eigenvalue weighted by molar-refractivity contribution is 5.22. The molecule has 0 fully saturated rings.